The monoisotopic (exact) mass is 331 g/mol. The number of carbonyl (C=O) groups excluding carboxylic acids is 1. The molecule has 6 heteroatoms. The van der Waals surface area contributed by atoms with Crippen LogP contribution in [0.1, 0.15) is 16.8 Å². The van der Waals surface area contributed by atoms with Crippen LogP contribution in [0, 0.1) is 25.2 Å². The van der Waals surface area contributed by atoms with E-state index in [0.29, 0.717) is 21.3 Å². The van der Waals surface area contributed by atoms with Gasteiger partial charge in [-0.15, -0.1) is 0 Å². The lowest BCUT2D eigenvalue weighted by atomic mass is 10.1. The number of aryl methyl sites for hydroxylation is 2. The molecular weight excluding hydrogens is 318 g/mol. The van der Waals surface area contributed by atoms with Crippen molar-refractivity contribution in [3.05, 3.63) is 52.2 Å². The number of nitriles is 1. The number of nitrogens with zero attached hydrogens (tertiary/aromatic N) is 2. The van der Waals surface area contributed by atoms with Crippen LogP contribution >= 0.6 is 23.4 Å². The van der Waals surface area contributed by atoms with Crippen molar-refractivity contribution in [1.82, 2.24) is 4.98 Å². The molecule has 1 aromatic heterocycles. The van der Waals surface area contributed by atoms with Crippen LogP contribution in [0.15, 0.2) is 35.4 Å². The van der Waals surface area contributed by atoms with E-state index in [1.807, 2.05) is 19.9 Å². The van der Waals surface area contributed by atoms with Gasteiger partial charge in [0.2, 0.25) is 5.91 Å². The van der Waals surface area contributed by atoms with E-state index in [-0.39, 0.29) is 11.7 Å². The minimum Gasteiger partial charge on any atom is -0.324 e. The molecule has 0 unspecified atom stereocenters. The highest BCUT2D eigenvalue weighted by atomic mass is 35.5. The fourth-order valence-electron chi connectivity index (χ4n) is 1.93. The Hall–Kier alpha value is -2.03. The number of halogens is 1. The smallest absolute Gasteiger partial charge is 0.234 e. The van der Waals surface area contributed by atoms with Crippen molar-refractivity contribution < 1.29 is 4.79 Å². The van der Waals surface area contributed by atoms with E-state index in [1.165, 1.54) is 11.8 Å². The van der Waals surface area contributed by atoms with Gasteiger partial charge in [-0.25, -0.2) is 4.98 Å². The number of nitrogens with one attached hydrogen (secondary N) is 1. The number of pyridine rings is 1. The van der Waals surface area contributed by atoms with Crippen molar-refractivity contribution in [2.24, 2.45) is 0 Å². The molecule has 1 N–H and O–H groups in total. The number of hydrogen-bond donors (Lipinski definition) is 1. The summed E-state index contributed by atoms with van der Waals surface area (Å²) >= 11 is 7.24. The van der Waals surface area contributed by atoms with E-state index in [4.69, 9.17) is 11.6 Å². The Morgan fingerprint density at radius 1 is 1.41 bits per heavy atom. The summed E-state index contributed by atoms with van der Waals surface area (Å²) in [5.41, 5.74) is 2.78. The SMILES string of the molecule is Cc1cc(C)c(C#N)c(SCC(=O)Nc2ccccc2Cl)n1. The first-order chi connectivity index (χ1) is 10.5. The minimum absolute atomic E-state index is 0.162. The highest BCUT2D eigenvalue weighted by Gasteiger charge is 2.12. The number of rotatable bonds is 4. The van der Waals surface area contributed by atoms with Crippen LogP contribution in [0.2, 0.25) is 5.02 Å². The molecular formula is C16H14ClN3OS. The fourth-order valence-corrected chi connectivity index (χ4v) is 3.01. The average Bonchev–Trinajstić information content (AvgIpc) is 2.47. The molecule has 0 saturated carbocycles. The first-order valence-corrected chi connectivity index (χ1v) is 7.93. The van der Waals surface area contributed by atoms with Crippen molar-refractivity contribution in [3.63, 3.8) is 0 Å². The van der Waals surface area contributed by atoms with Crippen LogP contribution in [0.4, 0.5) is 5.69 Å². The molecule has 0 radical (unpaired) electrons. The van der Waals surface area contributed by atoms with Crippen molar-refractivity contribution in [2.45, 2.75) is 18.9 Å². The van der Waals surface area contributed by atoms with Gasteiger partial charge in [-0.3, -0.25) is 4.79 Å². The lowest BCUT2D eigenvalue weighted by molar-refractivity contribution is -0.113. The summed E-state index contributed by atoms with van der Waals surface area (Å²) in [4.78, 5) is 16.3. The van der Waals surface area contributed by atoms with Gasteiger partial charge in [-0.1, -0.05) is 35.5 Å². The number of aromatic nitrogens is 1. The van der Waals surface area contributed by atoms with E-state index in [1.54, 1.807) is 24.3 Å². The summed E-state index contributed by atoms with van der Waals surface area (Å²) in [5.74, 6) is -0.0292. The second-order valence-electron chi connectivity index (χ2n) is 4.69. The van der Waals surface area contributed by atoms with Crippen molar-refractivity contribution in [2.75, 3.05) is 11.1 Å². The number of anilines is 1. The largest absolute Gasteiger partial charge is 0.324 e. The van der Waals surface area contributed by atoms with Crippen molar-refractivity contribution in [1.29, 1.82) is 5.26 Å². The zero-order valence-electron chi connectivity index (χ0n) is 12.2. The topological polar surface area (TPSA) is 65.8 Å². The van der Waals surface area contributed by atoms with Crippen LogP contribution in [-0.4, -0.2) is 16.6 Å². The number of para-hydroxylation sites is 1. The van der Waals surface area contributed by atoms with Crippen LogP contribution in [0.5, 0.6) is 0 Å². The third-order valence-corrected chi connectivity index (χ3v) is 4.22. The molecule has 0 bridgehead atoms. The molecule has 0 aliphatic heterocycles. The van der Waals surface area contributed by atoms with Gasteiger partial charge in [0, 0.05) is 5.69 Å². The predicted molar refractivity (Wildman–Crippen MR) is 89.2 cm³/mol. The number of carbonyl (C=O) groups is 1. The predicted octanol–water partition coefficient (Wildman–Crippen LogP) is 3.95. The van der Waals surface area contributed by atoms with Gasteiger partial charge in [0.25, 0.3) is 0 Å². The summed E-state index contributed by atoms with van der Waals surface area (Å²) in [6.07, 6.45) is 0. The van der Waals surface area contributed by atoms with E-state index >= 15 is 0 Å². The molecule has 0 atom stereocenters. The molecule has 2 aromatic rings. The molecule has 0 spiro atoms. The average molecular weight is 332 g/mol. The zero-order chi connectivity index (χ0) is 16.1. The van der Waals surface area contributed by atoms with E-state index in [2.05, 4.69) is 16.4 Å². The second-order valence-corrected chi connectivity index (χ2v) is 6.06. The van der Waals surface area contributed by atoms with Crippen molar-refractivity contribution >= 4 is 35.0 Å². The molecule has 4 nitrogen and oxygen atoms in total. The van der Waals surface area contributed by atoms with Gasteiger partial charge in [-0.2, -0.15) is 5.26 Å². The molecule has 1 amide bonds. The minimum atomic E-state index is -0.192. The van der Waals surface area contributed by atoms with Gasteiger partial charge in [0.15, 0.2) is 0 Å². The standard InChI is InChI=1S/C16H14ClN3OS/c1-10-7-11(2)19-16(12(10)8-18)22-9-15(21)20-14-6-4-3-5-13(14)17/h3-7H,9H2,1-2H3,(H,20,21). The van der Waals surface area contributed by atoms with Gasteiger partial charge in [0.05, 0.1) is 22.0 Å². The van der Waals surface area contributed by atoms with Crippen LogP contribution in [0.3, 0.4) is 0 Å². The second kappa shape index (κ2) is 7.30. The maximum absolute atomic E-state index is 12.0. The third kappa shape index (κ3) is 4.00. The van der Waals surface area contributed by atoms with Crippen LogP contribution in [-0.2, 0) is 4.79 Å². The number of benzene rings is 1. The Balaban J connectivity index is 2.06. The first-order valence-electron chi connectivity index (χ1n) is 6.56. The van der Waals surface area contributed by atoms with Gasteiger partial charge < -0.3 is 5.32 Å². The Kier molecular flexibility index (Phi) is 5.42. The lowest BCUT2D eigenvalue weighted by Gasteiger charge is -2.09. The highest BCUT2D eigenvalue weighted by molar-refractivity contribution is 8.00. The molecule has 0 fully saturated rings. The Morgan fingerprint density at radius 2 is 2.14 bits per heavy atom. The summed E-state index contributed by atoms with van der Waals surface area (Å²) in [6, 6.07) is 11.0. The fraction of sp³-hybridized carbons (Fsp3) is 0.188. The molecule has 2 rings (SSSR count). The summed E-state index contributed by atoms with van der Waals surface area (Å²) in [6.45, 7) is 3.73. The zero-order valence-corrected chi connectivity index (χ0v) is 13.8. The van der Waals surface area contributed by atoms with Crippen LogP contribution in [0.25, 0.3) is 0 Å². The summed E-state index contributed by atoms with van der Waals surface area (Å²) < 4.78 is 0. The van der Waals surface area contributed by atoms with E-state index < -0.39 is 0 Å². The Bertz CT molecular complexity index is 756. The molecule has 1 heterocycles. The summed E-state index contributed by atoms with van der Waals surface area (Å²) in [5, 5.41) is 13.0. The lowest BCUT2D eigenvalue weighted by Crippen LogP contribution is -2.14. The van der Waals surface area contributed by atoms with Gasteiger partial charge >= 0.3 is 0 Å². The molecule has 0 aliphatic rings. The first kappa shape index (κ1) is 16.3. The molecule has 1 aromatic carbocycles. The summed E-state index contributed by atoms with van der Waals surface area (Å²) in [7, 11) is 0. The number of amides is 1. The Morgan fingerprint density at radius 3 is 2.82 bits per heavy atom. The highest BCUT2D eigenvalue weighted by Crippen LogP contribution is 2.25. The molecule has 0 saturated heterocycles. The molecule has 112 valence electrons. The van der Waals surface area contributed by atoms with Gasteiger partial charge in [-0.05, 0) is 37.6 Å². The molecule has 0 aliphatic carbocycles. The van der Waals surface area contributed by atoms with E-state index in [9.17, 15) is 10.1 Å². The maximum Gasteiger partial charge on any atom is 0.234 e. The van der Waals surface area contributed by atoms with Gasteiger partial charge in [0.1, 0.15) is 11.1 Å². The normalized spacial score (nSPS) is 10.1. The number of thioether (sulfide) groups is 1. The number of hydrogen-bond acceptors (Lipinski definition) is 4. The van der Waals surface area contributed by atoms with Crippen LogP contribution < -0.4 is 5.32 Å². The quantitative estimate of drug-likeness (QED) is 0.861. The van der Waals surface area contributed by atoms with E-state index in [0.717, 1.165) is 11.3 Å². The maximum atomic E-state index is 12.0. The Labute approximate surface area is 138 Å². The molecule has 22 heavy (non-hydrogen) atoms. The van der Waals surface area contributed by atoms with Crippen molar-refractivity contribution in [3.8, 4) is 6.07 Å². The third-order valence-electron chi connectivity index (χ3n) is 2.91.